The maximum Gasteiger partial charge on any atom is 0.360 e. The van der Waals surface area contributed by atoms with Gasteiger partial charge < -0.3 is 4.18 Å². The van der Waals surface area contributed by atoms with Gasteiger partial charge in [0, 0.05) is 0 Å². The first kappa shape index (κ1) is 7.58. The first-order valence-electron chi connectivity index (χ1n) is 3.43. The molecule has 0 amide bonds. The summed E-state index contributed by atoms with van der Waals surface area (Å²) >= 11 is 4.22. The van der Waals surface area contributed by atoms with Gasteiger partial charge in [-0.1, -0.05) is 11.6 Å². The fourth-order valence-corrected chi connectivity index (χ4v) is 2.36. The van der Waals surface area contributed by atoms with Crippen molar-refractivity contribution in [3.8, 4) is 0 Å². The molecule has 2 aliphatic rings. The predicted octanol–water partition coefficient (Wildman–Crippen LogP) is 1.61. The molecule has 2 rings (SSSR count). The summed E-state index contributed by atoms with van der Waals surface area (Å²) in [5.41, 5.74) is 0. The van der Waals surface area contributed by atoms with Gasteiger partial charge in [0.1, 0.15) is 6.10 Å². The van der Waals surface area contributed by atoms with Crippen molar-refractivity contribution in [2.75, 3.05) is 0 Å². The third-order valence-electron chi connectivity index (χ3n) is 1.77. The molecule has 0 aromatic rings. The van der Waals surface area contributed by atoms with Crippen molar-refractivity contribution in [3.05, 3.63) is 10.8 Å². The van der Waals surface area contributed by atoms with Crippen LogP contribution in [0.4, 0.5) is 0 Å². The van der Waals surface area contributed by atoms with E-state index in [1.807, 2.05) is 0 Å². The van der Waals surface area contributed by atoms with E-state index < -0.39 is 11.4 Å². The molecule has 0 radical (unpaired) electrons. The van der Waals surface area contributed by atoms with Crippen molar-refractivity contribution in [1.82, 2.24) is 0 Å². The minimum atomic E-state index is -1.61. The van der Waals surface area contributed by atoms with Crippen LogP contribution < -0.4 is 0 Å². The molecule has 1 aliphatic heterocycles. The molecule has 0 saturated carbocycles. The Hall–Kier alpha value is -0.0600. The van der Waals surface area contributed by atoms with E-state index in [-0.39, 0.29) is 6.10 Å². The molecule has 0 aromatic carbocycles. The van der Waals surface area contributed by atoms with Crippen LogP contribution in [0.25, 0.3) is 0 Å². The van der Waals surface area contributed by atoms with Gasteiger partial charge in [0.05, 0.1) is 5.03 Å². The number of rotatable bonds is 0. The molecule has 1 saturated heterocycles. The lowest BCUT2D eigenvalue weighted by molar-refractivity contribution is 0.254. The van der Waals surface area contributed by atoms with Crippen molar-refractivity contribution in [2.24, 2.45) is 0 Å². The van der Waals surface area contributed by atoms with Gasteiger partial charge in [-0.15, -0.1) is 0 Å². The number of hydrogen-bond donors (Lipinski definition) is 0. The number of allylic oxidation sites excluding steroid dienone is 1. The molecular formula is C6H7ClO3S. The van der Waals surface area contributed by atoms with Crippen molar-refractivity contribution in [2.45, 2.75) is 25.4 Å². The highest BCUT2D eigenvalue weighted by Crippen LogP contribution is 2.35. The van der Waals surface area contributed by atoms with E-state index in [4.69, 9.17) is 20.0 Å². The fraction of sp³-hybridized carbons (Fsp3) is 0.667. The number of halogens is 1. The zero-order valence-electron chi connectivity index (χ0n) is 5.71. The highest BCUT2D eigenvalue weighted by Gasteiger charge is 2.34. The van der Waals surface area contributed by atoms with Crippen LogP contribution in [-0.4, -0.2) is 10.3 Å². The highest BCUT2D eigenvalue weighted by molar-refractivity contribution is 7.75. The molecule has 62 valence electrons. The summed E-state index contributed by atoms with van der Waals surface area (Å²) < 4.78 is 20.5. The van der Waals surface area contributed by atoms with Crippen LogP contribution in [0, 0.1) is 0 Å². The second-order valence-electron chi connectivity index (χ2n) is 2.53. The topological polar surface area (TPSA) is 35.5 Å². The average Bonchev–Trinajstić information content (AvgIpc) is 2.31. The highest BCUT2D eigenvalue weighted by atomic mass is 35.5. The van der Waals surface area contributed by atoms with E-state index in [9.17, 15) is 4.21 Å². The smallest absolute Gasteiger partial charge is 0.360 e. The van der Waals surface area contributed by atoms with Gasteiger partial charge in [0.2, 0.25) is 0 Å². The van der Waals surface area contributed by atoms with Crippen LogP contribution in [-0.2, 0) is 19.7 Å². The molecule has 1 aliphatic carbocycles. The molecule has 0 bridgehead atoms. The van der Waals surface area contributed by atoms with E-state index in [2.05, 4.69) is 0 Å². The Morgan fingerprint density at radius 2 is 2.45 bits per heavy atom. The van der Waals surface area contributed by atoms with Gasteiger partial charge in [-0.3, -0.25) is 0 Å². The minimum absolute atomic E-state index is 0.155. The third kappa shape index (κ3) is 1.30. The standard InChI is InChI=1S/C6H7ClO3S/c7-4-2-1-3-5-6(4)10-11(8)9-5/h5H,1-3H2. The minimum Gasteiger partial charge on any atom is -0.380 e. The fourth-order valence-electron chi connectivity index (χ4n) is 1.25. The van der Waals surface area contributed by atoms with E-state index in [1.54, 1.807) is 0 Å². The Morgan fingerprint density at radius 1 is 1.64 bits per heavy atom. The Balaban J connectivity index is 2.29. The molecule has 0 spiro atoms. The van der Waals surface area contributed by atoms with Crippen LogP contribution in [0.5, 0.6) is 0 Å². The molecular weight excluding hydrogens is 188 g/mol. The lowest BCUT2D eigenvalue weighted by atomic mass is 10.0. The Labute approximate surface area is 72.2 Å². The summed E-state index contributed by atoms with van der Waals surface area (Å²) in [4.78, 5) is 0. The first-order chi connectivity index (χ1) is 5.27. The van der Waals surface area contributed by atoms with Crippen LogP contribution in [0.2, 0.25) is 0 Å². The first-order valence-corrected chi connectivity index (χ1v) is 4.81. The molecule has 11 heavy (non-hydrogen) atoms. The van der Waals surface area contributed by atoms with Gasteiger partial charge in [0.15, 0.2) is 5.76 Å². The van der Waals surface area contributed by atoms with Crippen LogP contribution in [0.3, 0.4) is 0 Å². The quantitative estimate of drug-likeness (QED) is 0.588. The monoisotopic (exact) mass is 194 g/mol. The summed E-state index contributed by atoms with van der Waals surface area (Å²) in [6, 6.07) is 0. The Kier molecular flexibility index (Phi) is 1.91. The van der Waals surface area contributed by atoms with E-state index in [0.29, 0.717) is 10.8 Å². The average molecular weight is 195 g/mol. The van der Waals surface area contributed by atoms with Gasteiger partial charge >= 0.3 is 11.4 Å². The second kappa shape index (κ2) is 2.77. The Bertz CT molecular complexity index is 238. The predicted molar refractivity (Wildman–Crippen MR) is 40.8 cm³/mol. The van der Waals surface area contributed by atoms with Crippen molar-refractivity contribution >= 4 is 23.0 Å². The van der Waals surface area contributed by atoms with Crippen molar-refractivity contribution < 1.29 is 12.6 Å². The molecule has 0 aromatic heterocycles. The zero-order chi connectivity index (χ0) is 7.84. The molecule has 5 heteroatoms. The van der Waals surface area contributed by atoms with Crippen LogP contribution in [0.1, 0.15) is 19.3 Å². The molecule has 3 nitrogen and oxygen atoms in total. The van der Waals surface area contributed by atoms with E-state index in [0.717, 1.165) is 19.3 Å². The van der Waals surface area contributed by atoms with Gasteiger partial charge in [-0.05, 0) is 19.3 Å². The van der Waals surface area contributed by atoms with Crippen molar-refractivity contribution in [1.29, 1.82) is 0 Å². The summed E-state index contributed by atoms with van der Waals surface area (Å²) in [7, 11) is 0. The number of fused-ring (bicyclic) bond motifs is 1. The molecule has 2 unspecified atom stereocenters. The summed E-state index contributed by atoms with van der Waals surface area (Å²) in [5.74, 6) is 0.580. The largest absolute Gasteiger partial charge is 0.380 e. The third-order valence-corrected chi connectivity index (χ3v) is 2.86. The molecule has 1 fully saturated rings. The van der Waals surface area contributed by atoms with E-state index >= 15 is 0 Å². The Morgan fingerprint density at radius 3 is 3.18 bits per heavy atom. The van der Waals surface area contributed by atoms with Gasteiger partial charge in [-0.2, -0.15) is 4.21 Å². The van der Waals surface area contributed by atoms with Gasteiger partial charge in [0.25, 0.3) is 0 Å². The maximum absolute atomic E-state index is 10.7. The lowest BCUT2D eigenvalue weighted by Crippen LogP contribution is -2.12. The van der Waals surface area contributed by atoms with E-state index in [1.165, 1.54) is 0 Å². The number of hydrogen-bond acceptors (Lipinski definition) is 3. The van der Waals surface area contributed by atoms with Crippen molar-refractivity contribution in [3.63, 3.8) is 0 Å². The SMILES string of the molecule is O=S1OC2=C(Cl)CCCC2O1. The van der Waals surface area contributed by atoms with Crippen LogP contribution >= 0.6 is 11.6 Å². The summed E-state index contributed by atoms with van der Waals surface area (Å²) in [6.45, 7) is 0. The second-order valence-corrected chi connectivity index (χ2v) is 3.76. The molecule has 0 N–H and O–H groups in total. The molecule has 1 heterocycles. The lowest BCUT2D eigenvalue weighted by Gasteiger charge is -2.13. The zero-order valence-corrected chi connectivity index (χ0v) is 7.28. The summed E-state index contributed by atoms with van der Waals surface area (Å²) in [5, 5.41) is 0.659. The maximum atomic E-state index is 10.7. The van der Waals surface area contributed by atoms with Crippen LogP contribution in [0.15, 0.2) is 10.8 Å². The normalized spacial score (nSPS) is 36.8. The summed E-state index contributed by atoms with van der Waals surface area (Å²) in [6.07, 6.45) is 2.50. The van der Waals surface area contributed by atoms with Gasteiger partial charge in [-0.25, -0.2) is 4.18 Å². The molecule has 2 atom stereocenters.